The Bertz CT molecular complexity index is 1340. The maximum atomic E-state index is 9.34. The molecule has 4 aromatic rings. The molecule has 0 spiro atoms. The largest absolute Gasteiger partial charge is 0.324 e. The van der Waals surface area contributed by atoms with Gasteiger partial charge in [-0.05, 0) is 68.1 Å². The maximum Gasteiger partial charge on any atom is 0.227 e. The van der Waals surface area contributed by atoms with E-state index in [1.807, 2.05) is 72.5 Å². The number of aromatic nitrogens is 5. The molecule has 1 atom stereocenters. The molecule has 5 rings (SSSR count). The number of nitrogens with one attached hydrogen (secondary N) is 2. The SMILES string of the molecule is Cc1cccc(SNc2ccc(Nc3nccc(-c4cnn(C(CC#N)C5CCCC5)c4)n3)cc2)n1. The minimum atomic E-state index is 0.123. The van der Waals surface area contributed by atoms with Gasteiger partial charge in [-0.1, -0.05) is 18.9 Å². The number of anilines is 3. The first kappa shape index (κ1) is 23.8. The number of pyridine rings is 1. The highest BCUT2D eigenvalue weighted by Crippen LogP contribution is 2.36. The second-order valence-corrected chi connectivity index (χ2v) is 9.80. The van der Waals surface area contributed by atoms with Gasteiger partial charge >= 0.3 is 0 Å². The van der Waals surface area contributed by atoms with Gasteiger partial charge in [0.15, 0.2) is 0 Å². The van der Waals surface area contributed by atoms with Gasteiger partial charge in [0.1, 0.15) is 5.03 Å². The summed E-state index contributed by atoms with van der Waals surface area (Å²) in [6, 6.07) is 18.3. The Labute approximate surface area is 215 Å². The standard InChI is InChI=1S/C27H28N8S/c1-19-5-4-8-26(31-19)36-34-23-11-9-22(10-12-23)32-27-29-16-14-24(33-27)21-17-30-35(18-21)25(13-15-28)20-6-2-3-7-20/h4-5,8-12,14,16-18,20,25,34H,2-3,6-7,13H2,1H3,(H,29,32,33). The first-order valence-electron chi connectivity index (χ1n) is 12.2. The molecule has 1 unspecified atom stereocenters. The van der Waals surface area contributed by atoms with E-state index in [4.69, 9.17) is 4.98 Å². The summed E-state index contributed by atoms with van der Waals surface area (Å²) in [6.45, 7) is 1.98. The van der Waals surface area contributed by atoms with E-state index in [0.717, 1.165) is 33.4 Å². The summed E-state index contributed by atoms with van der Waals surface area (Å²) in [5.41, 5.74) is 4.57. The van der Waals surface area contributed by atoms with Gasteiger partial charge in [-0.2, -0.15) is 10.4 Å². The van der Waals surface area contributed by atoms with E-state index in [9.17, 15) is 5.26 Å². The van der Waals surface area contributed by atoms with Crippen LogP contribution in [0.15, 0.2) is 72.1 Å². The van der Waals surface area contributed by atoms with Gasteiger partial charge < -0.3 is 10.0 Å². The van der Waals surface area contributed by atoms with Gasteiger partial charge in [0.2, 0.25) is 5.95 Å². The molecule has 9 heteroatoms. The van der Waals surface area contributed by atoms with Crippen LogP contribution in [0.25, 0.3) is 11.3 Å². The summed E-state index contributed by atoms with van der Waals surface area (Å²) in [6.07, 6.45) is 10.9. The van der Waals surface area contributed by atoms with E-state index in [0.29, 0.717) is 18.3 Å². The topological polar surface area (TPSA) is 104 Å². The van der Waals surface area contributed by atoms with Crippen molar-refractivity contribution in [2.45, 2.75) is 50.1 Å². The third-order valence-electron chi connectivity index (χ3n) is 6.41. The molecule has 0 bridgehead atoms. The molecule has 0 aliphatic heterocycles. The van der Waals surface area contributed by atoms with Crippen molar-refractivity contribution in [3.05, 3.63) is 72.8 Å². The van der Waals surface area contributed by atoms with Crippen LogP contribution in [0.5, 0.6) is 0 Å². The maximum absolute atomic E-state index is 9.34. The first-order valence-corrected chi connectivity index (χ1v) is 13.0. The summed E-state index contributed by atoms with van der Waals surface area (Å²) < 4.78 is 5.27. The Balaban J connectivity index is 1.24. The Morgan fingerprint density at radius 2 is 1.89 bits per heavy atom. The lowest BCUT2D eigenvalue weighted by molar-refractivity contribution is 0.315. The fourth-order valence-electron chi connectivity index (χ4n) is 4.58. The number of nitrogens with zero attached hydrogens (tertiary/aromatic N) is 6. The molecule has 1 aromatic carbocycles. The zero-order valence-corrected chi connectivity index (χ0v) is 20.9. The summed E-state index contributed by atoms with van der Waals surface area (Å²) in [4.78, 5) is 13.6. The lowest BCUT2D eigenvalue weighted by Gasteiger charge is -2.21. The zero-order chi connectivity index (χ0) is 24.7. The van der Waals surface area contributed by atoms with Crippen LogP contribution in [0.1, 0.15) is 43.8 Å². The summed E-state index contributed by atoms with van der Waals surface area (Å²) in [5, 5.41) is 18.1. The smallest absolute Gasteiger partial charge is 0.227 e. The molecule has 2 N–H and O–H groups in total. The Hall–Kier alpha value is -3.90. The fourth-order valence-corrected chi connectivity index (χ4v) is 5.27. The minimum Gasteiger partial charge on any atom is -0.324 e. The van der Waals surface area contributed by atoms with E-state index < -0.39 is 0 Å². The molecule has 36 heavy (non-hydrogen) atoms. The van der Waals surface area contributed by atoms with Crippen molar-refractivity contribution < 1.29 is 0 Å². The van der Waals surface area contributed by atoms with E-state index in [1.165, 1.54) is 37.6 Å². The van der Waals surface area contributed by atoms with Gasteiger partial charge in [-0.15, -0.1) is 0 Å². The molecule has 1 aliphatic rings. The highest BCUT2D eigenvalue weighted by molar-refractivity contribution is 8.00. The average Bonchev–Trinajstić information content (AvgIpc) is 3.60. The predicted molar refractivity (Wildman–Crippen MR) is 143 cm³/mol. The molecule has 3 heterocycles. The number of nitriles is 1. The van der Waals surface area contributed by atoms with Gasteiger partial charge in [-0.25, -0.2) is 15.0 Å². The van der Waals surface area contributed by atoms with Gasteiger partial charge in [0, 0.05) is 47.0 Å². The number of hydrogen-bond acceptors (Lipinski definition) is 8. The molecule has 1 fully saturated rings. The Morgan fingerprint density at radius 3 is 2.67 bits per heavy atom. The van der Waals surface area contributed by atoms with Crippen molar-refractivity contribution in [1.29, 1.82) is 5.26 Å². The molecule has 3 aromatic heterocycles. The van der Waals surface area contributed by atoms with Gasteiger partial charge in [0.25, 0.3) is 0 Å². The third kappa shape index (κ3) is 5.83. The van der Waals surface area contributed by atoms with E-state index in [-0.39, 0.29) is 6.04 Å². The third-order valence-corrected chi connectivity index (χ3v) is 7.19. The number of benzene rings is 1. The quantitative estimate of drug-likeness (QED) is 0.251. The van der Waals surface area contributed by atoms with Gasteiger partial charge in [-0.3, -0.25) is 4.68 Å². The van der Waals surface area contributed by atoms with Crippen molar-refractivity contribution in [3.63, 3.8) is 0 Å². The van der Waals surface area contributed by atoms with E-state index in [2.05, 4.69) is 31.2 Å². The van der Waals surface area contributed by atoms with Crippen LogP contribution in [0, 0.1) is 24.2 Å². The molecular formula is C27H28N8S. The predicted octanol–water partition coefficient (Wildman–Crippen LogP) is 6.55. The molecule has 1 aliphatic carbocycles. The number of rotatable bonds is 9. The van der Waals surface area contributed by atoms with Crippen LogP contribution >= 0.6 is 11.9 Å². The monoisotopic (exact) mass is 496 g/mol. The normalized spacial score (nSPS) is 14.3. The second kappa shape index (κ2) is 11.2. The second-order valence-electron chi connectivity index (χ2n) is 8.97. The lowest BCUT2D eigenvalue weighted by atomic mass is 9.96. The molecule has 0 radical (unpaired) electrons. The molecular weight excluding hydrogens is 468 g/mol. The first-order chi connectivity index (χ1) is 17.7. The lowest BCUT2D eigenvalue weighted by Crippen LogP contribution is -2.17. The van der Waals surface area contributed by atoms with Crippen LogP contribution in [0.2, 0.25) is 0 Å². The van der Waals surface area contributed by atoms with E-state index >= 15 is 0 Å². The van der Waals surface area contributed by atoms with Crippen molar-refractivity contribution in [2.24, 2.45) is 5.92 Å². The van der Waals surface area contributed by atoms with E-state index in [1.54, 1.807) is 6.20 Å². The van der Waals surface area contributed by atoms with Crippen LogP contribution in [-0.4, -0.2) is 24.7 Å². The molecule has 8 nitrogen and oxygen atoms in total. The zero-order valence-electron chi connectivity index (χ0n) is 20.1. The van der Waals surface area contributed by atoms with Gasteiger partial charge in [0.05, 0.1) is 30.4 Å². The van der Waals surface area contributed by atoms with Crippen LogP contribution in [-0.2, 0) is 0 Å². The summed E-state index contributed by atoms with van der Waals surface area (Å²) in [7, 11) is 0. The highest BCUT2D eigenvalue weighted by Gasteiger charge is 2.27. The fraction of sp³-hybridized carbons (Fsp3) is 0.296. The van der Waals surface area contributed by atoms with Crippen molar-refractivity contribution in [2.75, 3.05) is 10.0 Å². The summed E-state index contributed by atoms with van der Waals surface area (Å²) >= 11 is 1.48. The Morgan fingerprint density at radius 1 is 1.08 bits per heavy atom. The summed E-state index contributed by atoms with van der Waals surface area (Å²) in [5.74, 6) is 1.03. The average molecular weight is 497 g/mol. The van der Waals surface area contributed by atoms with Crippen molar-refractivity contribution in [1.82, 2.24) is 24.7 Å². The number of aryl methyl sites for hydroxylation is 1. The molecule has 182 valence electrons. The highest BCUT2D eigenvalue weighted by atomic mass is 32.2. The molecule has 1 saturated carbocycles. The van der Waals surface area contributed by atoms with Crippen LogP contribution in [0.4, 0.5) is 17.3 Å². The van der Waals surface area contributed by atoms with Crippen LogP contribution < -0.4 is 10.0 Å². The van der Waals surface area contributed by atoms with Crippen LogP contribution in [0.3, 0.4) is 0 Å². The molecule has 0 amide bonds. The van der Waals surface area contributed by atoms with Crippen molar-refractivity contribution in [3.8, 4) is 17.3 Å². The minimum absolute atomic E-state index is 0.123. The Kier molecular flexibility index (Phi) is 7.43. The number of hydrogen-bond donors (Lipinski definition) is 2. The van der Waals surface area contributed by atoms with Crippen molar-refractivity contribution >= 4 is 29.3 Å². The molecule has 0 saturated heterocycles.